The Kier molecular flexibility index (Phi) is 5.52. The molecule has 152 valence electrons. The van der Waals surface area contributed by atoms with Gasteiger partial charge in [0.2, 0.25) is 0 Å². The summed E-state index contributed by atoms with van der Waals surface area (Å²) in [6.45, 7) is 5.48. The predicted octanol–water partition coefficient (Wildman–Crippen LogP) is 2.17. The average molecular weight is 407 g/mol. The second-order valence-corrected chi connectivity index (χ2v) is 9.74. The van der Waals surface area contributed by atoms with Crippen molar-refractivity contribution in [1.82, 2.24) is 4.90 Å². The van der Waals surface area contributed by atoms with E-state index in [-0.39, 0.29) is 24.0 Å². The van der Waals surface area contributed by atoms with Crippen LogP contribution in [0, 0.1) is 13.8 Å². The molecule has 0 spiro atoms. The van der Waals surface area contributed by atoms with Gasteiger partial charge in [-0.15, -0.1) is 0 Å². The zero-order valence-electron chi connectivity index (χ0n) is 16.5. The van der Waals surface area contributed by atoms with Crippen LogP contribution in [0.1, 0.15) is 30.0 Å². The molecule has 1 aliphatic rings. The second-order valence-electron chi connectivity index (χ2n) is 7.51. The lowest BCUT2D eigenvalue weighted by Crippen LogP contribution is -2.44. The largest absolute Gasteiger partial charge is 0.464 e. The van der Waals surface area contributed by atoms with E-state index >= 15 is 0 Å². The highest BCUT2D eigenvalue weighted by molar-refractivity contribution is 7.91. The molecule has 2 heterocycles. The quantitative estimate of drug-likeness (QED) is 0.705. The minimum atomic E-state index is -3.10. The second kappa shape index (κ2) is 7.58. The summed E-state index contributed by atoms with van der Waals surface area (Å²) in [5.74, 6) is -0.904. The zero-order valence-corrected chi connectivity index (χ0v) is 17.3. The number of carbonyl (C=O) groups excluding carboxylic acids is 2. The summed E-state index contributed by atoms with van der Waals surface area (Å²) in [5, 5.41) is 0.854. The molecule has 0 N–H and O–H groups in total. The van der Waals surface area contributed by atoms with Crippen LogP contribution in [-0.4, -0.2) is 55.9 Å². The third kappa shape index (κ3) is 4.22. The number of amides is 1. The number of hydrogen-bond donors (Lipinski definition) is 0. The van der Waals surface area contributed by atoms with Crippen molar-refractivity contribution in [3.05, 3.63) is 35.1 Å². The normalized spacial score (nSPS) is 19.5. The molecule has 1 amide bonds. The van der Waals surface area contributed by atoms with E-state index in [0.717, 1.165) is 16.5 Å². The van der Waals surface area contributed by atoms with Crippen molar-refractivity contribution in [2.75, 3.05) is 18.6 Å². The Labute approximate surface area is 164 Å². The van der Waals surface area contributed by atoms with Crippen LogP contribution in [-0.2, 0) is 30.6 Å². The third-order valence-electron chi connectivity index (χ3n) is 5.36. The van der Waals surface area contributed by atoms with Gasteiger partial charge in [-0.25, -0.2) is 8.42 Å². The van der Waals surface area contributed by atoms with E-state index in [1.807, 2.05) is 26.0 Å². The van der Waals surface area contributed by atoms with Crippen LogP contribution in [0.3, 0.4) is 0 Å². The van der Waals surface area contributed by atoms with Gasteiger partial charge in [0.25, 0.3) is 5.91 Å². The Hall–Kier alpha value is -2.35. The van der Waals surface area contributed by atoms with Crippen molar-refractivity contribution in [3.63, 3.8) is 0 Å². The first kappa shape index (κ1) is 20.4. The number of sulfone groups is 1. The Morgan fingerprint density at radius 3 is 2.61 bits per heavy atom. The molecular formula is C20H25NO6S. The van der Waals surface area contributed by atoms with Gasteiger partial charge in [-0.2, -0.15) is 0 Å². The molecule has 1 fully saturated rings. The molecule has 2 aromatic rings. The standard InChI is InChI=1S/C20H25NO6S/c1-12-7-17-15(10-26-18(17)8-13(12)2)9-19(22)27-14(3)20(23)21(4)16-5-6-28(24,25)11-16/h7-8,10,14,16H,5-6,9,11H2,1-4H3/t14-,16-/m0/s1. The molecule has 7 nitrogen and oxygen atoms in total. The summed E-state index contributed by atoms with van der Waals surface area (Å²) in [4.78, 5) is 26.2. The highest BCUT2D eigenvalue weighted by Crippen LogP contribution is 2.25. The van der Waals surface area contributed by atoms with Gasteiger partial charge in [0.05, 0.1) is 24.2 Å². The first-order valence-corrected chi connectivity index (χ1v) is 11.0. The Bertz CT molecular complexity index is 1020. The summed E-state index contributed by atoms with van der Waals surface area (Å²) >= 11 is 0. The van der Waals surface area contributed by atoms with Gasteiger partial charge < -0.3 is 14.1 Å². The fourth-order valence-electron chi connectivity index (χ4n) is 3.47. The Morgan fingerprint density at radius 1 is 1.29 bits per heavy atom. The van der Waals surface area contributed by atoms with E-state index in [4.69, 9.17) is 9.15 Å². The van der Waals surface area contributed by atoms with Crippen molar-refractivity contribution in [2.24, 2.45) is 0 Å². The van der Waals surface area contributed by atoms with Crippen LogP contribution >= 0.6 is 0 Å². The molecule has 8 heteroatoms. The number of esters is 1. The van der Waals surface area contributed by atoms with Crippen LogP contribution in [0.4, 0.5) is 0 Å². The molecule has 2 atom stereocenters. The Morgan fingerprint density at radius 2 is 1.96 bits per heavy atom. The lowest BCUT2D eigenvalue weighted by Gasteiger charge is -2.26. The van der Waals surface area contributed by atoms with Gasteiger partial charge in [0.15, 0.2) is 15.9 Å². The number of likely N-dealkylation sites (N-methyl/N-ethyl adjacent to an activating group) is 1. The molecule has 0 unspecified atom stereocenters. The number of ether oxygens (including phenoxy) is 1. The number of fused-ring (bicyclic) bond motifs is 1. The maximum Gasteiger partial charge on any atom is 0.311 e. The topological polar surface area (TPSA) is 93.9 Å². The molecule has 3 rings (SSSR count). The van der Waals surface area contributed by atoms with Gasteiger partial charge in [-0.1, -0.05) is 0 Å². The lowest BCUT2D eigenvalue weighted by atomic mass is 10.0. The summed E-state index contributed by atoms with van der Waals surface area (Å²) < 4.78 is 34.0. The number of aryl methyl sites for hydroxylation is 2. The number of rotatable bonds is 5. The molecule has 0 saturated carbocycles. The van der Waals surface area contributed by atoms with Crippen molar-refractivity contribution >= 4 is 32.7 Å². The van der Waals surface area contributed by atoms with Gasteiger partial charge in [0.1, 0.15) is 5.58 Å². The molecule has 1 aromatic carbocycles. The predicted molar refractivity (Wildman–Crippen MR) is 105 cm³/mol. The molecular weight excluding hydrogens is 382 g/mol. The van der Waals surface area contributed by atoms with Crippen LogP contribution in [0.15, 0.2) is 22.8 Å². The van der Waals surface area contributed by atoms with Gasteiger partial charge >= 0.3 is 5.97 Å². The van der Waals surface area contributed by atoms with Crippen LogP contribution < -0.4 is 0 Å². The van der Waals surface area contributed by atoms with Gasteiger partial charge in [-0.05, 0) is 50.5 Å². The first-order chi connectivity index (χ1) is 13.1. The highest BCUT2D eigenvalue weighted by Gasteiger charge is 2.35. The number of benzene rings is 1. The van der Waals surface area contributed by atoms with E-state index in [1.165, 1.54) is 18.1 Å². The maximum absolute atomic E-state index is 12.5. The maximum atomic E-state index is 12.5. The first-order valence-electron chi connectivity index (χ1n) is 9.21. The highest BCUT2D eigenvalue weighted by atomic mass is 32.2. The molecule has 0 radical (unpaired) electrons. The molecule has 1 aromatic heterocycles. The number of hydrogen-bond acceptors (Lipinski definition) is 6. The van der Waals surface area contributed by atoms with Crippen LogP contribution in [0.5, 0.6) is 0 Å². The average Bonchev–Trinajstić information content (AvgIpc) is 3.17. The monoisotopic (exact) mass is 407 g/mol. The number of furan rings is 1. The van der Waals surface area contributed by atoms with E-state index in [9.17, 15) is 18.0 Å². The van der Waals surface area contributed by atoms with Crippen molar-refractivity contribution in [3.8, 4) is 0 Å². The van der Waals surface area contributed by atoms with Crippen molar-refractivity contribution < 1.29 is 27.2 Å². The van der Waals surface area contributed by atoms with Crippen molar-refractivity contribution in [1.29, 1.82) is 0 Å². The summed E-state index contributed by atoms with van der Waals surface area (Å²) in [6.07, 6.45) is 0.954. The van der Waals surface area contributed by atoms with E-state index in [0.29, 0.717) is 17.6 Å². The lowest BCUT2D eigenvalue weighted by molar-refractivity contribution is -0.158. The van der Waals surface area contributed by atoms with Gasteiger partial charge in [0, 0.05) is 24.0 Å². The smallest absolute Gasteiger partial charge is 0.311 e. The van der Waals surface area contributed by atoms with Crippen LogP contribution in [0.2, 0.25) is 0 Å². The summed E-state index contributed by atoms with van der Waals surface area (Å²) in [7, 11) is -1.55. The van der Waals surface area contributed by atoms with Gasteiger partial charge in [-0.3, -0.25) is 9.59 Å². The number of carbonyl (C=O) groups is 2. The van der Waals surface area contributed by atoms with E-state index in [1.54, 1.807) is 7.05 Å². The number of nitrogens with zero attached hydrogens (tertiary/aromatic N) is 1. The SMILES string of the molecule is Cc1cc2occ(CC(=O)O[C@@H](C)C(=O)N(C)[C@H]3CCS(=O)(=O)C3)c2cc1C. The molecule has 28 heavy (non-hydrogen) atoms. The van der Waals surface area contributed by atoms with E-state index in [2.05, 4.69) is 0 Å². The Balaban J connectivity index is 1.63. The van der Waals surface area contributed by atoms with E-state index < -0.39 is 27.8 Å². The molecule has 1 aliphatic heterocycles. The zero-order chi connectivity index (χ0) is 20.6. The minimum absolute atomic E-state index is 0.00531. The minimum Gasteiger partial charge on any atom is -0.464 e. The molecule has 1 saturated heterocycles. The van der Waals surface area contributed by atoms with Crippen molar-refractivity contribution in [2.45, 2.75) is 45.8 Å². The fourth-order valence-corrected chi connectivity index (χ4v) is 5.24. The summed E-state index contributed by atoms with van der Waals surface area (Å²) in [5.41, 5.74) is 3.61. The van der Waals surface area contributed by atoms with Crippen LogP contribution in [0.25, 0.3) is 11.0 Å². The molecule has 0 aliphatic carbocycles. The third-order valence-corrected chi connectivity index (χ3v) is 7.11. The molecule has 0 bridgehead atoms. The summed E-state index contributed by atoms with van der Waals surface area (Å²) in [6, 6.07) is 3.53. The fraction of sp³-hybridized carbons (Fsp3) is 0.500.